The number of hydrogen-bond acceptors (Lipinski definition) is 3. The van der Waals surface area contributed by atoms with Crippen LogP contribution in [-0.2, 0) is 6.54 Å². The van der Waals surface area contributed by atoms with Crippen molar-refractivity contribution in [3.63, 3.8) is 0 Å². The molecule has 0 amide bonds. The van der Waals surface area contributed by atoms with Gasteiger partial charge in [0.2, 0.25) is 0 Å². The number of guanidine groups is 1. The molecule has 31 heavy (non-hydrogen) atoms. The zero-order valence-electron chi connectivity index (χ0n) is 17.2. The minimum atomic E-state index is -4.45. The highest BCUT2D eigenvalue weighted by Gasteiger charge is 2.34. The van der Waals surface area contributed by atoms with E-state index in [2.05, 4.69) is 15.6 Å². The quantitative estimate of drug-likeness (QED) is 0.224. The SMILES string of the molecule is CCNC(=NCc1ccc(C)cc1OCC(F)(F)F)NC1CCN(CC(F)(F)F)C1.I. The zero-order chi connectivity index (χ0) is 22.4. The van der Waals surface area contributed by atoms with E-state index in [9.17, 15) is 26.3 Å². The average molecular weight is 568 g/mol. The Morgan fingerprint density at radius 3 is 2.52 bits per heavy atom. The highest BCUT2D eigenvalue weighted by molar-refractivity contribution is 14.0. The molecule has 1 aliphatic rings. The maximum Gasteiger partial charge on any atom is 0.422 e. The fourth-order valence-electron chi connectivity index (χ4n) is 3.11. The Kier molecular flexibility index (Phi) is 10.7. The van der Waals surface area contributed by atoms with E-state index in [0.29, 0.717) is 31.0 Å². The molecule has 1 unspecified atom stereocenters. The number of halogens is 7. The Balaban J connectivity index is 0.00000480. The second-order valence-corrected chi connectivity index (χ2v) is 7.19. The predicted molar refractivity (Wildman–Crippen MR) is 117 cm³/mol. The molecule has 1 saturated heterocycles. The lowest BCUT2D eigenvalue weighted by molar-refractivity contribution is -0.153. The van der Waals surface area contributed by atoms with E-state index < -0.39 is 25.5 Å². The Bertz CT molecular complexity index is 726. The maximum absolute atomic E-state index is 12.5. The molecular weight excluding hydrogens is 541 g/mol. The first-order valence-electron chi connectivity index (χ1n) is 9.58. The Morgan fingerprint density at radius 1 is 1.19 bits per heavy atom. The topological polar surface area (TPSA) is 48.9 Å². The lowest BCUT2D eigenvalue weighted by Crippen LogP contribution is -2.45. The van der Waals surface area contributed by atoms with E-state index in [1.807, 2.05) is 6.92 Å². The molecule has 1 aliphatic heterocycles. The summed E-state index contributed by atoms with van der Waals surface area (Å²) in [5.74, 6) is 0.489. The van der Waals surface area contributed by atoms with Crippen LogP contribution >= 0.6 is 24.0 Å². The zero-order valence-corrected chi connectivity index (χ0v) is 19.6. The van der Waals surface area contributed by atoms with E-state index in [4.69, 9.17) is 4.74 Å². The standard InChI is InChI=1S/C19H26F6N4O.HI/c1-3-26-17(28-15-6-7-29(10-15)11-18(20,21)22)27-9-14-5-4-13(2)8-16(14)30-12-19(23,24)25;/h4-5,8,15H,3,6-7,9-12H2,1-2H3,(H2,26,27,28);1H. The molecule has 1 heterocycles. The molecule has 1 atom stereocenters. The van der Waals surface area contributed by atoms with Gasteiger partial charge in [-0.3, -0.25) is 4.90 Å². The van der Waals surface area contributed by atoms with Crippen LogP contribution in [0.4, 0.5) is 26.3 Å². The first-order valence-corrected chi connectivity index (χ1v) is 9.58. The van der Waals surface area contributed by atoms with Crippen LogP contribution in [0.3, 0.4) is 0 Å². The lowest BCUT2D eigenvalue weighted by Gasteiger charge is -2.20. The number of nitrogens with zero attached hydrogens (tertiary/aromatic N) is 2. The Morgan fingerprint density at radius 2 is 1.90 bits per heavy atom. The number of alkyl halides is 6. The molecule has 0 bridgehead atoms. The molecule has 178 valence electrons. The van der Waals surface area contributed by atoms with Gasteiger partial charge in [0.1, 0.15) is 5.75 Å². The van der Waals surface area contributed by atoms with E-state index in [-0.39, 0.29) is 48.9 Å². The van der Waals surface area contributed by atoms with E-state index in [1.165, 1.54) is 11.0 Å². The molecular formula is C19H27F6IN4O. The van der Waals surface area contributed by atoms with Crippen LogP contribution in [0.1, 0.15) is 24.5 Å². The van der Waals surface area contributed by atoms with Crippen molar-refractivity contribution in [1.29, 1.82) is 0 Å². The molecule has 2 N–H and O–H groups in total. The van der Waals surface area contributed by atoms with Crippen LogP contribution in [-0.4, -0.2) is 62.0 Å². The number of ether oxygens (including phenoxy) is 1. The van der Waals surface area contributed by atoms with E-state index in [0.717, 1.165) is 5.56 Å². The molecule has 1 fully saturated rings. The number of rotatable bonds is 7. The van der Waals surface area contributed by atoms with Gasteiger partial charge in [0.15, 0.2) is 12.6 Å². The maximum atomic E-state index is 12.5. The van der Waals surface area contributed by atoms with E-state index >= 15 is 0 Å². The van der Waals surface area contributed by atoms with Crippen LogP contribution in [0.15, 0.2) is 23.2 Å². The summed E-state index contributed by atoms with van der Waals surface area (Å²) in [6.07, 6.45) is -8.16. The van der Waals surface area contributed by atoms with Gasteiger partial charge >= 0.3 is 12.4 Å². The summed E-state index contributed by atoms with van der Waals surface area (Å²) in [6.45, 7) is 2.36. The van der Waals surface area contributed by atoms with Gasteiger partial charge in [0.25, 0.3) is 0 Å². The van der Waals surface area contributed by atoms with E-state index in [1.54, 1.807) is 19.1 Å². The third-order valence-electron chi connectivity index (χ3n) is 4.38. The van der Waals surface area contributed by atoms with Gasteiger partial charge in [-0.25, -0.2) is 4.99 Å². The van der Waals surface area contributed by atoms with Crippen LogP contribution in [0, 0.1) is 6.92 Å². The van der Waals surface area contributed by atoms with Crippen LogP contribution in [0.2, 0.25) is 0 Å². The highest BCUT2D eigenvalue weighted by atomic mass is 127. The largest absolute Gasteiger partial charge is 0.484 e. The predicted octanol–water partition coefficient (Wildman–Crippen LogP) is 4.25. The normalized spacial score (nSPS) is 17.9. The molecule has 1 aromatic carbocycles. The second-order valence-electron chi connectivity index (χ2n) is 7.19. The highest BCUT2D eigenvalue weighted by Crippen LogP contribution is 2.24. The molecule has 0 radical (unpaired) electrons. The third kappa shape index (κ3) is 10.6. The summed E-state index contributed by atoms with van der Waals surface area (Å²) in [5.41, 5.74) is 1.23. The first-order chi connectivity index (χ1) is 13.9. The lowest BCUT2D eigenvalue weighted by atomic mass is 10.1. The fourth-order valence-corrected chi connectivity index (χ4v) is 3.11. The molecule has 0 aliphatic carbocycles. The number of nitrogens with one attached hydrogen (secondary N) is 2. The number of benzene rings is 1. The van der Waals surface area contributed by atoms with Crippen molar-refractivity contribution in [3.8, 4) is 5.75 Å². The molecule has 5 nitrogen and oxygen atoms in total. The summed E-state index contributed by atoms with van der Waals surface area (Å²) in [7, 11) is 0. The molecule has 12 heteroatoms. The van der Waals surface area contributed by atoms with Gasteiger partial charge < -0.3 is 15.4 Å². The number of aliphatic imine (C=N–C) groups is 1. The van der Waals surface area contributed by atoms with Crippen molar-refractivity contribution in [2.45, 2.75) is 45.2 Å². The Hall–Kier alpha value is -1.44. The van der Waals surface area contributed by atoms with Gasteiger partial charge in [-0.15, -0.1) is 24.0 Å². The fraction of sp³-hybridized carbons (Fsp3) is 0.632. The van der Waals surface area contributed by atoms with Gasteiger partial charge in [0, 0.05) is 31.2 Å². The summed E-state index contributed by atoms with van der Waals surface area (Å²) >= 11 is 0. The summed E-state index contributed by atoms with van der Waals surface area (Å²) in [6, 6.07) is 4.71. The molecule has 0 spiro atoms. The van der Waals surface area contributed by atoms with Crippen molar-refractivity contribution in [3.05, 3.63) is 29.3 Å². The van der Waals surface area contributed by atoms with Crippen molar-refractivity contribution in [1.82, 2.24) is 15.5 Å². The molecule has 0 saturated carbocycles. The first kappa shape index (κ1) is 27.6. The van der Waals surface area contributed by atoms with Gasteiger partial charge in [-0.2, -0.15) is 26.3 Å². The number of hydrogen-bond donors (Lipinski definition) is 2. The van der Waals surface area contributed by atoms with Crippen LogP contribution in [0.5, 0.6) is 5.75 Å². The van der Waals surface area contributed by atoms with Crippen molar-refractivity contribution in [2.24, 2.45) is 4.99 Å². The van der Waals surface area contributed by atoms with Crippen LogP contribution in [0.25, 0.3) is 0 Å². The molecule has 2 rings (SSSR count). The molecule has 0 aromatic heterocycles. The summed E-state index contributed by atoms with van der Waals surface area (Å²) in [5, 5.41) is 6.11. The van der Waals surface area contributed by atoms with Crippen LogP contribution < -0.4 is 15.4 Å². The number of aryl methyl sites for hydroxylation is 1. The molecule has 1 aromatic rings. The average Bonchev–Trinajstić information content (AvgIpc) is 3.03. The van der Waals surface area contributed by atoms with Gasteiger partial charge in [0.05, 0.1) is 13.1 Å². The minimum Gasteiger partial charge on any atom is -0.484 e. The Labute approximate surface area is 194 Å². The third-order valence-corrected chi connectivity index (χ3v) is 4.38. The number of likely N-dealkylation sites (tertiary alicyclic amines) is 1. The summed E-state index contributed by atoms with van der Waals surface area (Å²) in [4.78, 5) is 5.70. The monoisotopic (exact) mass is 568 g/mol. The summed E-state index contributed by atoms with van der Waals surface area (Å²) < 4.78 is 80.1. The van der Waals surface area contributed by atoms with Gasteiger partial charge in [-0.1, -0.05) is 12.1 Å². The smallest absolute Gasteiger partial charge is 0.422 e. The second kappa shape index (κ2) is 12.0. The van der Waals surface area contributed by atoms with Crippen molar-refractivity contribution >= 4 is 29.9 Å². The van der Waals surface area contributed by atoms with Crippen molar-refractivity contribution < 1.29 is 31.1 Å². The van der Waals surface area contributed by atoms with Crippen molar-refractivity contribution in [2.75, 3.05) is 32.8 Å². The minimum absolute atomic E-state index is 0. The van der Waals surface area contributed by atoms with Gasteiger partial charge in [-0.05, 0) is 31.9 Å².